The molecule has 0 saturated carbocycles. The average Bonchev–Trinajstić information content (AvgIpc) is 3.09. The van der Waals surface area contributed by atoms with Crippen molar-refractivity contribution in [2.75, 3.05) is 32.2 Å². The van der Waals surface area contributed by atoms with E-state index in [0.717, 1.165) is 30.2 Å². The first-order valence-electron chi connectivity index (χ1n) is 6.30. The number of rotatable bonds is 3. The summed E-state index contributed by atoms with van der Waals surface area (Å²) in [6, 6.07) is 3.80. The van der Waals surface area contributed by atoms with Gasteiger partial charge in [-0.25, -0.2) is 4.98 Å². The quantitative estimate of drug-likeness (QED) is 0.837. The molecule has 1 fully saturated rings. The van der Waals surface area contributed by atoms with Crippen molar-refractivity contribution in [1.29, 1.82) is 0 Å². The molecule has 0 spiro atoms. The van der Waals surface area contributed by atoms with Crippen LogP contribution in [0.4, 0.5) is 5.82 Å². The Kier molecular flexibility index (Phi) is 3.16. The van der Waals surface area contributed by atoms with Crippen LogP contribution in [0, 0.1) is 0 Å². The van der Waals surface area contributed by atoms with E-state index in [2.05, 4.69) is 15.1 Å². The molecule has 1 atom stereocenters. The summed E-state index contributed by atoms with van der Waals surface area (Å²) in [5.41, 5.74) is 0.852. The van der Waals surface area contributed by atoms with Crippen LogP contribution in [0.25, 0.3) is 11.5 Å². The second kappa shape index (κ2) is 4.97. The standard InChI is InChI=1S/C13H16N4O2/c1-17(2)12-10(4-3-6-14-12)13-15-11(16-19-13)9-5-7-18-8-9/h3-4,6,9H,5,7-8H2,1-2H3/t9-/m0/s1. The second-order valence-electron chi connectivity index (χ2n) is 4.79. The smallest absolute Gasteiger partial charge is 0.261 e. The molecule has 100 valence electrons. The summed E-state index contributed by atoms with van der Waals surface area (Å²) in [7, 11) is 3.88. The SMILES string of the molecule is CN(C)c1ncccc1-c1nc([C@H]2CCOC2)no1. The lowest BCUT2D eigenvalue weighted by molar-refractivity contribution is 0.192. The van der Waals surface area contributed by atoms with Crippen molar-refractivity contribution in [2.24, 2.45) is 0 Å². The molecule has 0 radical (unpaired) electrons. The third-order valence-corrected chi connectivity index (χ3v) is 3.18. The van der Waals surface area contributed by atoms with E-state index in [0.29, 0.717) is 12.5 Å². The molecule has 0 bridgehead atoms. The molecule has 6 heteroatoms. The Morgan fingerprint density at radius 3 is 3.00 bits per heavy atom. The molecular formula is C13H16N4O2. The van der Waals surface area contributed by atoms with E-state index in [9.17, 15) is 0 Å². The summed E-state index contributed by atoms with van der Waals surface area (Å²) >= 11 is 0. The zero-order chi connectivity index (χ0) is 13.2. The van der Waals surface area contributed by atoms with E-state index in [1.807, 2.05) is 31.1 Å². The highest BCUT2D eigenvalue weighted by Gasteiger charge is 2.24. The Hall–Kier alpha value is -1.95. The topological polar surface area (TPSA) is 64.3 Å². The van der Waals surface area contributed by atoms with Crippen LogP contribution in [-0.4, -0.2) is 42.4 Å². The first-order valence-corrected chi connectivity index (χ1v) is 6.30. The molecule has 1 aliphatic rings. The Balaban J connectivity index is 1.94. The van der Waals surface area contributed by atoms with E-state index in [-0.39, 0.29) is 5.92 Å². The molecule has 19 heavy (non-hydrogen) atoms. The van der Waals surface area contributed by atoms with Crippen molar-refractivity contribution >= 4 is 5.82 Å². The van der Waals surface area contributed by atoms with Gasteiger partial charge in [-0.1, -0.05) is 5.16 Å². The van der Waals surface area contributed by atoms with Crippen LogP contribution in [-0.2, 0) is 4.74 Å². The molecule has 6 nitrogen and oxygen atoms in total. The number of hydrogen-bond donors (Lipinski definition) is 0. The van der Waals surface area contributed by atoms with Gasteiger partial charge in [0, 0.05) is 32.8 Å². The van der Waals surface area contributed by atoms with Gasteiger partial charge in [-0.3, -0.25) is 0 Å². The molecule has 1 aliphatic heterocycles. The van der Waals surface area contributed by atoms with Gasteiger partial charge in [0.1, 0.15) is 5.82 Å². The Bertz CT molecular complexity index is 561. The predicted octanol–water partition coefficient (Wildman–Crippen LogP) is 1.70. The highest BCUT2D eigenvalue weighted by molar-refractivity contribution is 5.69. The molecule has 0 aromatic carbocycles. The fraction of sp³-hybridized carbons (Fsp3) is 0.462. The third kappa shape index (κ3) is 2.31. The summed E-state index contributed by atoms with van der Waals surface area (Å²) in [4.78, 5) is 10.7. The van der Waals surface area contributed by atoms with Crippen LogP contribution in [0.1, 0.15) is 18.2 Å². The van der Waals surface area contributed by atoms with Crippen LogP contribution >= 0.6 is 0 Å². The summed E-state index contributed by atoms with van der Waals surface area (Å²) in [6.07, 6.45) is 2.70. The minimum atomic E-state index is 0.247. The molecular weight excluding hydrogens is 244 g/mol. The van der Waals surface area contributed by atoms with Crippen molar-refractivity contribution in [3.8, 4) is 11.5 Å². The molecule has 0 aliphatic carbocycles. The van der Waals surface area contributed by atoms with Crippen LogP contribution < -0.4 is 4.90 Å². The van der Waals surface area contributed by atoms with Crippen molar-refractivity contribution in [2.45, 2.75) is 12.3 Å². The van der Waals surface area contributed by atoms with Gasteiger partial charge in [0.25, 0.3) is 5.89 Å². The van der Waals surface area contributed by atoms with E-state index in [1.54, 1.807) is 6.20 Å². The molecule has 2 aromatic rings. The minimum Gasteiger partial charge on any atom is -0.381 e. The molecule has 2 aromatic heterocycles. The first-order chi connectivity index (χ1) is 9.25. The number of ether oxygens (including phenoxy) is 1. The van der Waals surface area contributed by atoms with E-state index >= 15 is 0 Å². The number of hydrogen-bond acceptors (Lipinski definition) is 6. The summed E-state index contributed by atoms with van der Waals surface area (Å²) in [5.74, 6) is 2.30. The van der Waals surface area contributed by atoms with Crippen molar-refractivity contribution in [3.63, 3.8) is 0 Å². The van der Waals surface area contributed by atoms with Crippen LogP contribution in [0.3, 0.4) is 0 Å². The van der Waals surface area contributed by atoms with Crippen LogP contribution in [0.2, 0.25) is 0 Å². The summed E-state index contributed by atoms with van der Waals surface area (Å²) < 4.78 is 10.7. The lowest BCUT2D eigenvalue weighted by atomic mass is 10.1. The van der Waals surface area contributed by atoms with E-state index in [4.69, 9.17) is 9.26 Å². The average molecular weight is 260 g/mol. The number of anilines is 1. The Morgan fingerprint density at radius 2 is 2.26 bits per heavy atom. The second-order valence-corrected chi connectivity index (χ2v) is 4.79. The monoisotopic (exact) mass is 260 g/mol. The lowest BCUT2D eigenvalue weighted by Crippen LogP contribution is -2.11. The molecule has 0 unspecified atom stereocenters. The number of nitrogens with zero attached hydrogens (tertiary/aromatic N) is 4. The molecule has 0 amide bonds. The van der Waals surface area contributed by atoms with Crippen LogP contribution in [0.15, 0.2) is 22.9 Å². The Morgan fingerprint density at radius 1 is 1.37 bits per heavy atom. The predicted molar refractivity (Wildman–Crippen MR) is 70.0 cm³/mol. The maximum Gasteiger partial charge on any atom is 0.261 e. The largest absolute Gasteiger partial charge is 0.381 e. The van der Waals surface area contributed by atoms with Gasteiger partial charge >= 0.3 is 0 Å². The minimum absolute atomic E-state index is 0.247. The third-order valence-electron chi connectivity index (χ3n) is 3.18. The summed E-state index contributed by atoms with van der Waals surface area (Å²) in [6.45, 7) is 1.44. The molecule has 1 saturated heterocycles. The van der Waals surface area contributed by atoms with Gasteiger partial charge in [0.2, 0.25) is 0 Å². The van der Waals surface area contributed by atoms with E-state index in [1.165, 1.54) is 0 Å². The molecule has 0 N–H and O–H groups in total. The maximum atomic E-state index is 5.37. The van der Waals surface area contributed by atoms with Gasteiger partial charge in [0.05, 0.1) is 12.2 Å². The number of aromatic nitrogens is 3. The van der Waals surface area contributed by atoms with Gasteiger partial charge in [-0.15, -0.1) is 0 Å². The summed E-state index contributed by atoms with van der Waals surface area (Å²) in [5, 5.41) is 4.06. The van der Waals surface area contributed by atoms with E-state index < -0.39 is 0 Å². The zero-order valence-corrected chi connectivity index (χ0v) is 11.0. The highest BCUT2D eigenvalue weighted by Crippen LogP contribution is 2.29. The fourth-order valence-corrected chi connectivity index (χ4v) is 2.17. The van der Waals surface area contributed by atoms with Crippen LogP contribution in [0.5, 0.6) is 0 Å². The number of pyridine rings is 1. The normalized spacial score (nSPS) is 18.7. The van der Waals surface area contributed by atoms with Crippen molar-refractivity contribution < 1.29 is 9.26 Å². The Labute approximate surface area is 111 Å². The molecule has 3 rings (SSSR count). The zero-order valence-electron chi connectivity index (χ0n) is 11.0. The maximum absolute atomic E-state index is 5.37. The van der Waals surface area contributed by atoms with Crippen molar-refractivity contribution in [3.05, 3.63) is 24.2 Å². The molecule has 3 heterocycles. The highest BCUT2D eigenvalue weighted by atomic mass is 16.5. The lowest BCUT2D eigenvalue weighted by Gasteiger charge is -2.13. The van der Waals surface area contributed by atoms with Gasteiger partial charge in [-0.05, 0) is 18.6 Å². The van der Waals surface area contributed by atoms with Crippen molar-refractivity contribution in [1.82, 2.24) is 15.1 Å². The first kappa shape index (κ1) is 12.1. The van der Waals surface area contributed by atoms with Gasteiger partial charge in [-0.2, -0.15) is 4.98 Å². The van der Waals surface area contributed by atoms with Gasteiger partial charge < -0.3 is 14.2 Å². The van der Waals surface area contributed by atoms with Gasteiger partial charge in [0.15, 0.2) is 5.82 Å². The fourth-order valence-electron chi connectivity index (χ4n) is 2.17.